The van der Waals surface area contributed by atoms with Crippen molar-refractivity contribution in [1.82, 2.24) is 10.2 Å². The molecular weight excluding hydrogens is 252 g/mol. The van der Waals surface area contributed by atoms with Crippen LogP contribution < -0.4 is 5.32 Å². The molecule has 7 heteroatoms. The van der Waals surface area contributed by atoms with Crippen molar-refractivity contribution in [3.8, 4) is 0 Å². The Hall–Kier alpha value is -2.18. The average molecular weight is 268 g/mol. The number of amides is 3. The van der Waals surface area contributed by atoms with E-state index in [1.165, 1.54) is 6.92 Å². The van der Waals surface area contributed by atoms with Gasteiger partial charge in [-0.3, -0.25) is 19.3 Å². The lowest BCUT2D eigenvalue weighted by molar-refractivity contribution is -0.144. The lowest BCUT2D eigenvalue weighted by Crippen LogP contribution is -2.47. The summed E-state index contributed by atoms with van der Waals surface area (Å²) in [7, 11) is 0. The van der Waals surface area contributed by atoms with Crippen molar-refractivity contribution >= 4 is 23.7 Å². The summed E-state index contributed by atoms with van der Waals surface area (Å²) < 4.78 is 0. The van der Waals surface area contributed by atoms with Crippen molar-refractivity contribution in [1.29, 1.82) is 0 Å². The summed E-state index contributed by atoms with van der Waals surface area (Å²) in [6.07, 6.45) is 2.04. The minimum Gasteiger partial charge on any atom is -0.480 e. The largest absolute Gasteiger partial charge is 0.480 e. The van der Waals surface area contributed by atoms with Crippen molar-refractivity contribution < 1.29 is 24.3 Å². The summed E-state index contributed by atoms with van der Waals surface area (Å²) in [5, 5.41) is 11.2. The van der Waals surface area contributed by atoms with E-state index in [1.54, 1.807) is 6.92 Å². The third-order valence-electron chi connectivity index (χ3n) is 2.70. The summed E-state index contributed by atoms with van der Waals surface area (Å²) >= 11 is 0. The van der Waals surface area contributed by atoms with Gasteiger partial charge >= 0.3 is 5.97 Å². The fraction of sp³-hybridized carbons (Fsp3) is 0.500. The number of imide groups is 1. The minimum absolute atomic E-state index is 0.265. The van der Waals surface area contributed by atoms with Gasteiger partial charge in [-0.15, -0.1) is 0 Å². The van der Waals surface area contributed by atoms with Crippen molar-refractivity contribution in [3.05, 3.63) is 11.6 Å². The number of hydrogen-bond acceptors (Lipinski definition) is 4. The summed E-state index contributed by atoms with van der Waals surface area (Å²) in [6, 6.07) is -1.00. The quantitative estimate of drug-likeness (QED) is 0.642. The predicted molar refractivity (Wildman–Crippen MR) is 65.0 cm³/mol. The molecule has 2 N–H and O–H groups in total. The van der Waals surface area contributed by atoms with Gasteiger partial charge in [0.2, 0.25) is 5.91 Å². The first-order chi connectivity index (χ1) is 8.86. The van der Waals surface area contributed by atoms with Gasteiger partial charge in [0.05, 0.1) is 0 Å². The second-order valence-electron chi connectivity index (χ2n) is 4.30. The summed E-state index contributed by atoms with van der Waals surface area (Å²) in [4.78, 5) is 46.2. The number of carboxylic acid groups (broad SMARTS) is 1. The molecule has 19 heavy (non-hydrogen) atoms. The molecule has 104 valence electrons. The SMILES string of the molecule is CCCC(NC(=O)CN1C(=O)C=C(C)C1=O)C(=O)O. The van der Waals surface area contributed by atoms with E-state index in [4.69, 9.17) is 5.11 Å². The molecule has 1 atom stereocenters. The minimum atomic E-state index is -1.14. The molecule has 0 aromatic carbocycles. The van der Waals surface area contributed by atoms with Gasteiger partial charge < -0.3 is 10.4 Å². The number of rotatable bonds is 6. The molecule has 0 saturated carbocycles. The summed E-state index contributed by atoms with van der Waals surface area (Å²) in [6.45, 7) is 2.82. The number of carbonyl (C=O) groups excluding carboxylic acids is 3. The van der Waals surface area contributed by atoms with Crippen LogP contribution in [-0.2, 0) is 19.2 Å². The van der Waals surface area contributed by atoms with Crippen LogP contribution >= 0.6 is 0 Å². The Kier molecular flexibility index (Phi) is 4.80. The summed E-state index contributed by atoms with van der Waals surface area (Å²) in [5.41, 5.74) is 0.265. The Balaban J connectivity index is 2.59. The predicted octanol–water partition coefficient (Wildman–Crippen LogP) is -0.329. The monoisotopic (exact) mass is 268 g/mol. The van der Waals surface area contributed by atoms with Crippen LogP contribution in [0.5, 0.6) is 0 Å². The Bertz CT molecular complexity index is 455. The van der Waals surface area contributed by atoms with E-state index in [0.717, 1.165) is 11.0 Å². The highest BCUT2D eigenvalue weighted by atomic mass is 16.4. The van der Waals surface area contributed by atoms with Gasteiger partial charge in [0.15, 0.2) is 0 Å². The maximum absolute atomic E-state index is 11.6. The highest BCUT2D eigenvalue weighted by Crippen LogP contribution is 2.11. The first-order valence-corrected chi connectivity index (χ1v) is 5.93. The van der Waals surface area contributed by atoms with Crippen LogP contribution in [0.25, 0.3) is 0 Å². The Labute approximate surface area is 110 Å². The van der Waals surface area contributed by atoms with Crippen molar-refractivity contribution in [2.45, 2.75) is 32.7 Å². The van der Waals surface area contributed by atoms with E-state index in [-0.39, 0.29) is 5.57 Å². The molecule has 0 aromatic heterocycles. The number of nitrogens with zero attached hydrogens (tertiary/aromatic N) is 1. The molecule has 0 radical (unpaired) electrons. The van der Waals surface area contributed by atoms with Gasteiger partial charge in [0.1, 0.15) is 12.6 Å². The van der Waals surface area contributed by atoms with E-state index in [1.807, 2.05) is 0 Å². The maximum atomic E-state index is 11.6. The fourth-order valence-corrected chi connectivity index (χ4v) is 1.72. The number of hydrogen-bond donors (Lipinski definition) is 2. The molecule has 1 aliphatic rings. The van der Waals surface area contributed by atoms with E-state index >= 15 is 0 Å². The molecule has 0 aliphatic carbocycles. The van der Waals surface area contributed by atoms with Gasteiger partial charge in [-0.25, -0.2) is 4.79 Å². The molecule has 0 spiro atoms. The van der Waals surface area contributed by atoms with Crippen LogP contribution in [0.15, 0.2) is 11.6 Å². The van der Waals surface area contributed by atoms with Crippen LogP contribution in [0, 0.1) is 0 Å². The molecular formula is C12H16N2O5. The van der Waals surface area contributed by atoms with E-state index in [0.29, 0.717) is 12.8 Å². The van der Waals surface area contributed by atoms with Crippen LogP contribution in [-0.4, -0.2) is 46.3 Å². The molecule has 3 amide bonds. The van der Waals surface area contributed by atoms with Gasteiger partial charge in [0, 0.05) is 11.6 Å². The van der Waals surface area contributed by atoms with Gasteiger partial charge in [0.25, 0.3) is 11.8 Å². The number of aliphatic carboxylic acids is 1. The first-order valence-electron chi connectivity index (χ1n) is 5.93. The Morgan fingerprint density at radius 3 is 2.47 bits per heavy atom. The second kappa shape index (κ2) is 6.12. The van der Waals surface area contributed by atoms with Gasteiger partial charge in [-0.05, 0) is 13.3 Å². The van der Waals surface area contributed by atoms with Crippen LogP contribution in [0.2, 0.25) is 0 Å². The van der Waals surface area contributed by atoms with E-state index in [2.05, 4.69) is 5.32 Å². The molecule has 1 aliphatic heterocycles. The van der Waals surface area contributed by atoms with Crippen LogP contribution in [0.1, 0.15) is 26.7 Å². The van der Waals surface area contributed by atoms with E-state index in [9.17, 15) is 19.2 Å². The molecule has 7 nitrogen and oxygen atoms in total. The zero-order valence-electron chi connectivity index (χ0n) is 10.8. The number of carboxylic acids is 1. The standard InChI is InChI=1S/C12H16N2O5/c1-3-4-8(12(18)19)13-9(15)6-14-10(16)5-7(2)11(14)17/h5,8H,3-4,6H2,1-2H3,(H,13,15)(H,18,19). The van der Waals surface area contributed by atoms with Gasteiger partial charge in [-0.1, -0.05) is 13.3 Å². The highest BCUT2D eigenvalue weighted by Gasteiger charge is 2.30. The zero-order chi connectivity index (χ0) is 14.6. The second-order valence-corrected chi connectivity index (χ2v) is 4.30. The van der Waals surface area contributed by atoms with Crippen LogP contribution in [0.4, 0.5) is 0 Å². The molecule has 0 saturated heterocycles. The maximum Gasteiger partial charge on any atom is 0.326 e. The molecule has 0 aromatic rings. The van der Waals surface area contributed by atoms with Gasteiger partial charge in [-0.2, -0.15) is 0 Å². The molecule has 1 unspecified atom stereocenters. The molecule has 0 bridgehead atoms. The van der Waals surface area contributed by atoms with E-state index < -0.39 is 36.3 Å². The smallest absolute Gasteiger partial charge is 0.326 e. The topological polar surface area (TPSA) is 104 Å². The fourth-order valence-electron chi connectivity index (χ4n) is 1.72. The van der Waals surface area contributed by atoms with Crippen molar-refractivity contribution in [2.75, 3.05) is 6.54 Å². The zero-order valence-corrected chi connectivity index (χ0v) is 10.8. The number of carbonyl (C=O) groups is 4. The lowest BCUT2D eigenvalue weighted by Gasteiger charge is -2.17. The third kappa shape index (κ3) is 3.64. The van der Waals surface area contributed by atoms with Crippen molar-refractivity contribution in [2.24, 2.45) is 0 Å². The number of nitrogens with one attached hydrogen (secondary N) is 1. The van der Waals surface area contributed by atoms with Crippen LogP contribution in [0.3, 0.4) is 0 Å². The first kappa shape index (κ1) is 14.9. The third-order valence-corrected chi connectivity index (χ3v) is 2.70. The normalized spacial score (nSPS) is 16.3. The molecule has 1 rings (SSSR count). The van der Waals surface area contributed by atoms with Crippen molar-refractivity contribution in [3.63, 3.8) is 0 Å². The Morgan fingerprint density at radius 1 is 1.42 bits per heavy atom. The average Bonchev–Trinajstić information content (AvgIpc) is 2.55. The Morgan fingerprint density at radius 2 is 2.05 bits per heavy atom. The molecule has 0 fully saturated rings. The summed E-state index contributed by atoms with van der Waals surface area (Å²) in [5.74, 6) is -2.88. The highest BCUT2D eigenvalue weighted by molar-refractivity contribution is 6.17. The molecule has 1 heterocycles. The lowest BCUT2D eigenvalue weighted by atomic mass is 10.1.